The van der Waals surface area contributed by atoms with Crippen molar-refractivity contribution in [1.29, 1.82) is 0 Å². The van der Waals surface area contributed by atoms with Crippen LogP contribution in [-0.4, -0.2) is 89.0 Å². The van der Waals surface area contributed by atoms with Gasteiger partial charge < -0.3 is 19.5 Å². The quantitative estimate of drug-likeness (QED) is 0.378. The number of aliphatic imine (C=N–C) groups is 1. The summed E-state index contributed by atoms with van der Waals surface area (Å²) in [5.74, 6) is 3.81. The highest BCUT2D eigenvalue weighted by Crippen LogP contribution is 2.21. The second-order valence-electron chi connectivity index (χ2n) is 7.91. The van der Waals surface area contributed by atoms with Gasteiger partial charge in [0.2, 0.25) is 0 Å². The molecule has 0 amide bonds. The molecule has 0 aromatic carbocycles. The number of guanidine groups is 1. The molecule has 28 heavy (non-hydrogen) atoms. The Morgan fingerprint density at radius 3 is 2.79 bits per heavy atom. The van der Waals surface area contributed by atoms with E-state index in [9.17, 15) is 0 Å². The van der Waals surface area contributed by atoms with E-state index in [-0.39, 0.29) is 24.0 Å². The Morgan fingerprint density at radius 1 is 1.18 bits per heavy atom. The molecule has 0 aliphatic carbocycles. The molecule has 2 saturated heterocycles. The number of morpholine rings is 1. The Hall–Kier alpha value is -0.940. The SMILES string of the molecule is CCNC(=NCC1CCc2nnc(C)n2C1)N1CCC(N2CCOCC2)C1.I. The van der Waals surface area contributed by atoms with Crippen molar-refractivity contribution in [3.8, 4) is 0 Å². The summed E-state index contributed by atoms with van der Waals surface area (Å²) < 4.78 is 7.77. The molecule has 3 aliphatic heterocycles. The molecule has 3 aliphatic rings. The molecule has 0 bridgehead atoms. The minimum absolute atomic E-state index is 0. The van der Waals surface area contributed by atoms with E-state index in [0.717, 1.165) is 89.5 Å². The van der Waals surface area contributed by atoms with Gasteiger partial charge in [-0.15, -0.1) is 34.2 Å². The van der Waals surface area contributed by atoms with Crippen molar-refractivity contribution < 1.29 is 4.74 Å². The molecular weight excluding hydrogens is 469 g/mol. The highest BCUT2D eigenvalue weighted by molar-refractivity contribution is 14.0. The van der Waals surface area contributed by atoms with Gasteiger partial charge in [-0.1, -0.05) is 0 Å². The zero-order valence-electron chi connectivity index (χ0n) is 17.1. The molecule has 2 unspecified atom stereocenters. The summed E-state index contributed by atoms with van der Waals surface area (Å²) in [6.45, 7) is 13.0. The normalized spacial score (nSPS) is 26.1. The van der Waals surface area contributed by atoms with Gasteiger partial charge in [0.25, 0.3) is 0 Å². The zero-order valence-corrected chi connectivity index (χ0v) is 19.5. The highest BCUT2D eigenvalue weighted by atomic mass is 127. The average Bonchev–Trinajstić information content (AvgIpc) is 3.33. The standard InChI is InChI=1S/C19H33N7O.HI/c1-3-20-19(25-7-6-17(14-25)24-8-10-27-11-9-24)21-12-16-4-5-18-23-22-15(2)26(18)13-16;/h16-17H,3-14H2,1-2H3,(H,20,21);1H. The minimum atomic E-state index is 0. The Labute approximate surface area is 185 Å². The number of likely N-dealkylation sites (tertiary alicyclic amines) is 1. The van der Waals surface area contributed by atoms with Crippen molar-refractivity contribution in [1.82, 2.24) is 29.9 Å². The number of nitrogens with one attached hydrogen (secondary N) is 1. The lowest BCUT2D eigenvalue weighted by molar-refractivity contribution is 0.0195. The zero-order chi connectivity index (χ0) is 18.6. The molecule has 2 fully saturated rings. The lowest BCUT2D eigenvalue weighted by Gasteiger charge is -2.32. The van der Waals surface area contributed by atoms with Crippen molar-refractivity contribution in [2.45, 2.75) is 45.7 Å². The maximum atomic E-state index is 5.50. The topological polar surface area (TPSA) is 70.8 Å². The molecule has 0 spiro atoms. The Morgan fingerprint density at radius 2 is 2.00 bits per heavy atom. The highest BCUT2D eigenvalue weighted by Gasteiger charge is 2.30. The van der Waals surface area contributed by atoms with Crippen LogP contribution in [0.4, 0.5) is 0 Å². The van der Waals surface area contributed by atoms with E-state index in [1.54, 1.807) is 0 Å². The molecule has 0 radical (unpaired) electrons. The van der Waals surface area contributed by atoms with E-state index in [2.05, 4.69) is 36.8 Å². The molecule has 158 valence electrons. The van der Waals surface area contributed by atoms with Crippen molar-refractivity contribution in [2.75, 3.05) is 52.5 Å². The van der Waals surface area contributed by atoms with E-state index in [0.29, 0.717) is 12.0 Å². The summed E-state index contributed by atoms with van der Waals surface area (Å²) in [4.78, 5) is 10.1. The van der Waals surface area contributed by atoms with E-state index in [1.165, 1.54) is 6.42 Å². The molecule has 1 aromatic heterocycles. The van der Waals surface area contributed by atoms with Crippen LogP contribution < -0.4 is 5.32 Å². The summed E-state index contributed by atoms with van der Waals surface area (Å²) in [6, 6.07) is 0.634. The first-order valence-corrected chi connectivity index (χ1v) is 10.5. The summed E-state index contributed by atoms with van der Waals surface area (Å²) in [6.07, 6.45) is 3.38. The predicted octanol–water partition coefficient (Wildman–Crippen LogP) is 1.14. The van der Waals surface area contributed by atoms with Crippen LogP contribution >= 0.6 is 24.0 Å². The molecule has 1 N–H and O–H groups in total. The van der Waals surface area contributed by atoms with E-state index in [4.69, 9.17) is 9.73 Å². The number of fused-ring (bicyclic) bond motifs is 1. The largest absolute Gasteiger partial charge is 0.379 e. The van der Waals surface area contributed by atoms with Crippen molar-refractivity contribution in [2.24, 2.45) is 10.9 Å². The van der Waals surface area contributed by atoms with Crippen molar-refractivity contribution in [3.05, 3.63) is 11.6 Å². The second-order valence-corrected chi connectivity index (χ2v) is 7.91. The summed E-state index contributed by atoms with van der Waals surface area (Å²) in [5.41, 5.74) is 0. The van der Waals surface area contributed by atoms with Gasteiger partial charge in [0.05, 0.1) is 13.2 Å². The number of aromatic nitrogens is 3. The van der Waals surface area contributed by atoms with Crippen LogP contribution in [0.15, 0.2) is 4.99 Å². The fraction of sp³-hybridized carbons (Fsp3) is 0.842. The number of ether oxygens (including phenoxy) is 1. The molecule has 0 saturated carbocycles. The van der Waals surface area contributed by atoms with Gasteiger partial charge in [0, 0.05) is 58.3 Å². The Bertz CT molecular complexity index is 659. The van der Waals surface area contributed by atoms with E-state index >= 15 is 0 Å². The van der Waals surface area contributed by atoms with Crippen LogP contribution in [0.5, 0.6) is 0 Å². The maximum Gasteiger partial charge on any atom is 0.193 e. The number of nitrogens with zero attached hydrogens (tertiary/aromatic N) is 6. The summed E-state index contributed by atoms with van der Waals surface area (Å²) in [7, 11) is 0. The monoisotopic (exact) mass is 503 g/mol. The predicted molar refractivity (Wildman–Crippen MR) is 120 cm³/mol. The number of aryl methyl sites for hydroxylation is 2. The number of hydrogen-bond donors (Lipinski definition) is 1. The summed E-state index contributed by atoms with van der Waals surface area (Å²) >= 11 is 0. The lowest BCUT2D eigenvalue weighted by atomic mass is 9.99. The van der Waals surface area contributed by atoms with Gasteiger partial charge in [0.1, 0.15) is 11.6 Å². The fourth-order valence-corrected chi connectivity index (χ4v) is 4.50. The molecule has 1 aromatic rings. The van der Waals surface area contributed by atoms with Crippen LogP contribution in [0, 0.1) is 12.8 Å². The Balaban J connectivity index is 0.00000225. The number of halogens is 1. The first-order valence-electron chi connectivity index (χ1n) is 10.5. The lowest BCUT2D eigenvalue weighted by Crippen LogP contribution is -2.46. The van der Waals surface area contributed by atoms with Crippen LogP contribution in [0.2, 0.25) is 0 Å². The number of hydrogen-bond acceptors (Lipinski definition) is 5. The van der Waals surface area contributed by atoms with E-state index in [1.807, 2.05) is 6.92 Å². The first kappa shape index (κ1) is 21.8. The third-order valence-corrected chi connectivity index (χ3v) is 6.09. The van der Waals surface area contributed by atoms with E-state index < -0.39 is 0 Å². The third kappa shape index (κ3) is 4.96. The summed E-state index contributed by atoms with van der Waals surface area (Å²) in [5, 5.41) is 12.0. The average molecular weight is 503 g/mol. The molecular formula is C19H34IN7O. The fourth-order valence-electron chi connectivity index (χ4n) is 4.50. The molecule has 8 nitrogen and oxygen atoms in total. The van der Waals surface area contributed by atoms with Crippen LogP contribution in [0.25, 0.3) is 0 Å². The molecule has 2 atom stereocenters. The van der Waals surface area contributed by atoms with Gasteiger partial charge >= 0.3 is 0 Å². The van der Waals surface area contributed by atoms with Gasteiger partial charge in [-0.3, -0.25) is 9.89 Å². The Kier molecular flexibility index (Phi) is 7.93. The molecule has 4 rings (SSSR count). The van der Waals surface area contributed by atoms with Crippen molar-refractivity contribution >= 4 is 29.9 Å². The molecule has 9 heteroatoms. The molecule has 4 heterocycles. The van der Waals surface area contributed by atoms with Gasteiger partial charge in [-0.2, -0.15) is 0 Å². The van der Waals surface area contributed by atoms with Crippen molar-refractivity contribution in [3.63, 3.8) is 0 Å². The van der Waals surface area contributed by atoms with Gasteiger partial charge in [-0.25, -0.2) is 0 Å². The van der Waals surface area contributed by atoms with Gasteiger partial charge in [0.15, 0.2) is 5.96 Å². The maximum absolute atomic E-state index is 5.50. The minimum Gasteiger partial charge on any atom is -0.379 e. The van der Waals surface area contributed by atoms with Crippen LogP contribution in [0.1, 0.15) is 31.4 Å². The number of rotatable bonds is 4. The third-order valence-electron chi connectivity index (χ3n) is 6.09. The smallest absolute Gasteiger partial charge is 0.193 e. The van der Waals surface area contributed by atoms with Crippen LogP contribution in [-0.2, 0) is 17.7 Å². The van der Waals surface area contributed by atoms with Gasteiger partial charge in [-0.05, 0) is 32.6 Å². The van der Waals surface area contributed by atoms with Crippen LogP contribution in [0.3, 0.4) is 0 Å². The first-order chi connectivity index (χ1) is 13.2. The second kappa shape index (κ2) is 10.2.